The van der Waals surface area contributed by atoms with E-state index in [-0.39, 0.29) is 5.17 Å². The molecule has 0 aromatic heterocycles. The Balaban J connectivity index is 2.02. The van der Waals surface area contributed by atoms with Crippen LogP contribution in [0.4, 0.5) is 11.4 Å². The molecule has 0 spiro atoms. The third kappa shape index (κ3) is 4.63. The van der Waals surface area contributed by atoms with Gasteiger partial charge in [0.05, 0.1) is 10.7 Å². The van der Waals surface area contributed by atoms with Crippen LogP contribution >= 0.6 is 34.8 Å². The standard InChI is InChI=1S/C14H10Cl3N3O/c15-9-4-3-5-10(8-9)18-14(21)13(17)20-19-12-7-2-1-6-11(12)16/h1-8,19H,(H,18,21)/b20-13-. The van der Waals surface area contributed by atoms with Crippen molar-refractivity contribution in [3.63, 3.8) is 0 Å². The van der Waals surface area contributed by atoms with Crippen molar-refractivity contribution in [2.24, 2.45) is 5.10 Å². The van der Waals surface area contributed by atoms with E-state index in [0.717, 1.165) is 0 Å². The Labute approximate surface area is 136 Å². The number of para-hydroxylation sites is 1. The summed E-state index contributed by atoms with van der Waals surface area (Å²) in [5, 5.41) is 7.08. The quantitative estimate of drug-likeness (QED) is 0.630. The lowest BCUT2D eigenvalue weighted by Crippen LogP contribution is -2.19. The van der Waals surface area contributed by atoms with Gasteiger partial charge in [-0.1, -0.05) is 53.0 Å². The molecule has 0 atom stereocenters. The minimum Gasteiger partial charge on any atom is -0.320 e. The smallest absolute Gasteiger partial charge is 0.287 e. The second-order valence-electron chi connectivity index (χ2n) is 3.96. The minimum atomic E-state index is -0.557. The van der Waals surface area contributed by atoms with Crippen LogP contribution in [0.2, 0.25) is 10.0 Å². The Hall–Kier alpha value is -1.75. The molecule has 21 heavy (non-hydrogen) atoms. The Morgan fingerprint density at radius 2 is 1.81 bits per heavy atom. The van der Waals surface area contributed by atoms with Crippen LogP contribution in [0.5, 0.6) is 0 Å². The van der Waals surface area contributed by atoms with Gasteiger partial charge in [-0.25, -0.2) is 0 Å². The SMILES string of the molecule is O=C(Nc1cccc(Cl)c1)/C(Cl)=N/Nc1ccccc1Cl. The molecule has 2 aromatic carbocycles. The highest BCUT2D eigenvalue weighted by atomic mass is 35.5. The van der Waals surface area contributed by atoms with Crippen molar-refractivity contribution in [3.05, 3.63) is 58.6 Å². The van der Waals surface area contributed by atoms with Crippen LogP contribution in [0.25, 0.3) is 0 Å². The summed E-state index contributed by atoms with van der Waals surface area (Å²) in [5.74, 6) is -0.557. The second-order valence-corrected chi connectivity index (χ2v) is 5.16. The van der Waals surface area contributed by atoms with Crippen LogP contribution in [0.15, 0.2) is 53.6 Å². The normalized spacial score (nSPS) is 11.1. The zero-order chi connectivity index (χ0) is 15.2. The summed E-state index contributed by atoms with van der Waals surface area (Å²) in [4.78, 5) is 11.8. The van der Waals surface area contributed by atoms with Crippen molar-refractivity contribution in [3.8, 4) is 0 Å². The topological polar surface area (TPSA) is 53.5 Å². The van der Waals surface area contributed by atoms with Crippen LogP contribution in [0.1, 0.15) is 0 Å². The Morgan fingerprint density at radius 3 is 2.52 bits per heavy atom. The molecule has 0 aliphatic heterocycles. The highest BCUT2D eigenvalue weighted by Gasteiger charge is 2.09. The van der Waals surface area contributed by atoms with E-state index >= 15 is 0 Å². The average Bonchev–Trinajstić information content (AvgIpc) is 2.46. The minimum absolute atomic E-state index is 0.255. The van der Waals surface area contributed by atoms with Crippen molar-refractivity contribution in [1.29, 1.82) is 0 Å². The Morgan fingerprint density at radius 1 is 1.05 bits per heavy atom. The predicted molar refractivity (Wildman–Crippen MR) is 88.4 cm³/mol. The summed E-state index contributed by atoms with van der Waals surface area (Å²) >= 11 is 17.6. The first kappa shape index (κ1) is 15.6. The maximum Gasteiger partial charge on any atom is 0.287 e. The van der Waals surface area contributed by atoms with Gasteiger partial charge in [-0.05, 0) is 30.3 Å². The fourth-order valence-corrected chi connectivity index (χ4v) is 1.92. The fraction of sp³-hybridized carbons (Fsp3) is 0. The third-order valence-electron chi connectivity index (χ3n) is 2.42. The molecule has 0 heterocycles. The summed E-state index contributed by atoms with van der Waals surface area (Å²) in [6.07, 6.45) is 0. The van der Waals surface area contributed by atoms with Gasteiger partial charge < -0.3 is 5.32 Å². The summed E-state index contributed by atoms with van der Waals surface area (Å²) < 4.78 is 0. The number of hydrogen-bond donors (Lipinski definition) is 2. The van der Waals surface area contributed by atoms with Gasteiger partial charge >= 0.3 is 0 Å². The maximum atomic E-state index is 11.8. The molecule has 108 valence electrons. The van der Waals surface area contributed by atoms with Crippen molar-refractivity contribution in [2.75, 3.05) is 10.7 Å². The summed E-state index contributed by atoms with van der Waals surface area (Å²) in [6.45, 7) is 0. The first-order valence-corrected chi connectivity index (χ1v) is 7.00. The number of carbonyl (C=O) groups is 1. The van der Waals surface area contributed by atoms with Gasteiger partial charge in [-0.15, -0.1) is 0 Å². The van der Waals surface area contributed by atoms with E-state index in [2.05, 4.69) is 15.8 Å². The Kier molecular flexibility index (Phi) is 5.44. The molecular formula is C14H10Cl3N3O. The molecule has 0 bridgehead atoms. The van der Waals surface area contributed by atoms with Gasteiger partial charge in [-0.3, -0.25) is 10.2 Å². The number of hydrogen-bond acceptors (Lipinski definition) is 3. The number of nitrogens with one attached hydrogen (secondary N) is 2. The third-order valence-corrected chi connectivity index (χ3v) is 3.24. The zero-order valence-electron chi connectivity index (χ0n) is 10.6. The molecular weight excluding hydrogens is 333 g/mol. The number of benzene rings is 2. The summed E-state index contributed by atoms with van der Waals surface area (Å²) in [7, 11) is 0. The molecule has 2 aromatic rings. The molecule has 0 unspecified atom stereocenters. The molecule has 0 aliphatic carbocycles. The van der Waals surface area contributed by atoms with E-state index in [9.17, 15) is 4.79 Å². The molecule has 0 aliphatic rings. The molecule has 0 saturated carbocycles. The van der Waals surface area contributed by atoms with Crippen molar-refractivity contribution >= 4 is 57.3 Å². The number of nitrogens with zero attached hydrogens (tertiary/aromatic N) is 1. The van der Waals surface area contributed by atoms with E-state index in [1.54, 1.807) is 48.5 Å². The van der Waals surface area contributed by atoms with E-state index in [0.29, 0.717) is 21.4 Å². The zero-order valence-corrected chi connectivity index (χ0v) is 12.9. The summed E-state index contributed by atoms with van der Waals surface area (Å²) in [6, 6.07) is 13.7. The van der Waals surface area contributed by atoms with Gasteiger partial charge in [0, 0.05) is 10.7 Å². The van der Waals surface area contributed by atoms with Crippen LogP contribution in [0.3, 0.4) is 0 Å². The number of carbonyl (C=O) groups excluding carboxylic acids is 1. The van der Waals surface area contributed by atoms with Crippen molar-refractivity contribution < 1.29 is 4.79 Å². The molecule has 2 N–H and O–H groups in total. The molecule has 7 heteroatoms. The van der Waals surface area contributed by atoms with Crippen molar-refractivity contribution in [2.45, 2.75) is 0 Å². The lowest BCUT2D eigenvalue weighted by molar-refractivity contribution is -0.110. The highest BCUT2D eigenvalue weighted by Crippen LogP contribution is 2.20. The largest absolute Gasteiger partial charge is 0.320 e. The van der Waals surface area contributed by atoms with E-state index in [4.69, 9.17) is 34.8 Å². The van der Waals surface area contributed by atoms with Crippen molar-refractivity contribution in [1.82, 2.24) is 0 Å². The lowest BCUT2D eigenvalue weighted by Gasteiger charge is -2.05. The van der Waals surface area contributed by atoms with Crippen LogP contribution < -0.4 is 10.7 Å². The number of amides is 1. The van der Waals surface area contributed by atoms with E-state index < -0.39 is 5.91 Å². The number of anilines is 2. The lowest BCUT2D eigenvalue weighted by atomic mass is 10.3. The molecule has 0 saturated heterocycles. The first-order valence-electron chi connectivity index (χ1n) is 5.87. The number of halogens is 3. The van der Waals surface area contributed by atoms with E-state index in [1.807, 2.05) is 0 Å². The molecule has 4 nitrogen and oxygen atoms in total. The molecule has 2 rings (SSSR count). The van der Waals surface area contributed by atoms with Crippen LogP contribution in [-0.4, -0.2) is 11.1 Å². The molecule has 0 fully saturated rings. The van der Waals surface area contributed by atoms with Gasteiger partial charge in [-0.2, -0.15) is 5.10 Å². The van der Waals surface area contributed by atoms with Gasteiger partial charge in [0.1, 0.15) is 0 Å². The Bertz CT molecular complexity index is 689. The fourth-order valence-electron chi connectivity index (χ4n) is 1.46. The predicted octanol–water partition coefficient (Wildman–Crippen LogP) is 4.60. The van der Waals surface area contributed by atoms with Crippen LogP contribution in [0, 0.1) is 0 Å². The van der Waals surface area contributed by atoms with Gasteiger partial charge in [0.15, 0.2) is 0 Å². The second kappa shape index (κ2) is 7.31. The highest BCUT2D eigenvalue weighted by molar-refractivity contribution is 6.84. The van der Waals surface area contributed by atoms with Gasteiger partial charge in [0.2, 0.25) is 5.17 Å². The molecule has 0 radical (unpaired) electrons. The average molecular weight is 343 g/mol. The van der Waals surface area contributed by atoms with E-state index in [1.165, 1.54) is 0 Å². The number of hydrazone groups is 1. The summed E-state index contributed by atoms with van der Waals surface area (Å²) in [5.41, 5.74) is 3.70. The maximum absolute atomic E-state index is 11.8. The monoisotopic (exact) mass is 341 g/mol. The van der Waals surface area contributed by atoms with Gasteiger partial charge in [0.25, 0.3) is 5.91 Å². The van der Waals surface area contributed by atoms with Crippen LogP contribution in [-0.2, 0) is 4.79 Å². The first-order chi connectivity index (χ1) is 10.1. The number of rotatable bonds is 4. The molecule has 1 amide bonds.